The fourth-order valence-corrected chi connectivity index (χ4v) is 5.86. The number of hydrogen-bond donors (Lipinski definition) is 2. The minimum Gasteiger partial charge on any atom is -0.486 e. The molecule has 0 fully saturated rings. The predicted octanol–water partition coefficient (Wildman–Crippen LogP) is 4.79. The topological polar surface area (TPSA) is 134 Å². The van der Waals surface area contributed by atoms with Crippen LogP contribution in [-0.4, -0.2) is 52.2 Å². The molecule has 0 aromatic heterocycles. The molecule has 190 valence electrons. The van der Waals surface area contributed by atoms with E-state index in [-0.39, 0.29) is 5.75 Å². The Bertz CT molecular complexity index is 758. The molecule has 0 radical (unpaired) electrons. The number of aliphatic hydroxyl groups is 1. The van der Waals surface area contributed by atoms with Gasteiger partial charge < -0.3 is 19.5 Å². The van der Waals surface area contributed by atoms with E-state index in [1.54, 1.807) is 0 Å². The first-order chi connectivity index (χ1) is 15.5. The maximum atomic E-state index is 10.5. The molecule has 1 heterocycles. The largest absolute Gasteiger partial charge is 0.486 e. The number of nitrogens with zero attached hydrogens (tertiary/aromatic N) is 2. The number of ether oxygens (including phenoxy) is 1. The van der Waals surface area contributed by atoms with E-state index in [4.69, 9.17) is 9.84 Å². The molecule has 0 spiro atoms. The van der Waals surface area contributed by atoms with E-state index < -0.39 is 28.5 Å². The molecule has 1 N–H and O–H groups in total. The summed E-state index contributed by atoms with van der Waals surface area (Å²) in [4.78, 5) is 30.4. The van der Waals surface area contributed by atoms with Crippen LogP contribution in [0.2, 0.25) is 0 Å². The van der Waals surface area contributed by atoms with Crippen molar-refractivity contribution in [1.82, 2.24) is 0 Å². The lowest BCUT2D eigenvalue weighted by atomic mass is 9.94. The highest BCUT2D eigenvalue weighted by Crippen LogP contribution is 2.45. The van der Waals surface area contributed by atoms with Crippen molar-refractivity contribution in [3.63, 3.8) is 0 Å². The monoisotopic (exact) mass is 526 g/mol. The van der Waals surface area contributed by atoms with Crippen LogP contribution in [0.1, 0.15) is 49.4 Å². The molecule has 0 saturated carbocycles. The third-order valence-electron chi connectivity index (χ3n) is 4.54. The van der Waals surface area contributed by atoms with Crippen molar-refractivity contribution in [1.29, 1.82) is 0 Å². The lowest BCUT2D eigenvalue weighted by molar-refractivity contribution is -0.788. The zero-order valence-electron chi connectivity index (χ0n) is 20.1. The number of benzene rings is 1. The minimum atomic E-state index is -1.02. The van der Waals surface area contributed by atoms with Gasteiger partial charge in [0.05, 0.1) is 0 Å². The summed E-state index contributed by atoms with van der Waals surface area (Å²) in [5.41, 5.74) is 4.06. The van der Waals surface area contributed by atoms with E-state index in [1.807, 2.05) is 27.7 Å². The van der Waals surface area contributed by atoms with Gasteiger partial charge in [0.1, 0.15) is 24.1 Å². The Labute approximate surface area is 208 Å². The molecule has 13 heteroatoms. The van der Waals surface area contributed by atoms with Crippen LogP contribution in [0.5, 0.6) is 5.75 Å². The van der Waals surface area contributed by atoms with E-state index in [9.17, 15) is 20.2 Å². The lowest BCUT2D eigenvalue weighted by Gasteiger charge is -2.24. The minimum absolute atomic E-state index is 0.167. The van der Waals surface area contributed by atoms with E-state index in [2.05, 4.69) is 36.2 Å². The standard InChI is InChI=1S/C16H22N2O7S3.C3H8.CH4O/c1-9-10(2)15(26)11(3)13-5-16(4,24-14(9)13)8-28-27-7-12(25-18(21)22)6-23-17(19)20;1-3-2;1-2/h12,26H,5-8H2,1-4H3;3H2,1-2H3;2H,1H3. The van der Waals surface area contributed by atoms with E-state index in [0.717, 1.165) is 46.4 Å². The third kappa shape index (κ3) is 10.1. The van der Waals surface area contributed by atoms with Gasteiger partial charge in [-0.1, -0.05) is 41.9 Å². The van der Waals surface area contributed by atoms with Crippen LogP contribution in [0.4, 0.5) is 0 Å². The van der Waals surface area contributed by atoms with Crippen molar-refractivity contribution in [2.24, 2.45) is 0 Å². The van der Waals surface area contributed by atoms with Crippen LogP contribution in [-0.2, 0) is 16.1 Å². The molecule has 1 aromatic carbocycles. The van der Waals surface area contributed by atoms with Crippen molar-refractivity contribution < 1.29 is 29.7 Å². The quantitative estimate of drug-likeness (QED) is 0.144. The van der Waals surface area contributed by atoms with Crippen molar-refractivity contribution in [3.05, 3.63) is 42.5 Å². The molecule has 10 nitrogen and oxygen atoms in total. The summed E-state index contributed by atoms with van der Waals surface area (Å²) in [5, 5.41) is 25.8. The van der Waals surface area contributed by atoms with Crippen LogP contribution in [0.3, 0.4) is 0 Å². The fraction of sp³-hybridized carbons (Fsp3) is 0.700. The number of fused-ring (bicyclic) bond motifs is 1. The van der Waals surface area contributed by atoms with Crippen LogP contribution in [0.15, 0.2) is 4.90 Å². The van der Waals surface area contributed by atoms with Crippen molar-refractivity contribution in [2.75, 3.05) is 25.2 Å². The third-order valence-corrected chi connectivity index (χ3v) is 7.88. The molecule has 0 amide bonds. The van der Waals surface area contributed by atoms with Gasteiger partial charge in [-0.05, 0) is 44.4 Å². The van der Waals surface area contributed by atoms with Gasteiger partial charge in [-0.15, -0.1) is 32.9 Å². The molecule has 33 heavy (non-hydrogen) atoms. The van der Waals surface area contributed by atoms with Crippen LogP contribution in [0.25, 0.3) is 0 Å². The Morgan fingerprint density at radius 3 is 2.21 bits per heavy atom. The first-order valence-electron chi connectivity index (χ1n) is 10.2. The summed E-state index contributed by atoms with van der Waals surface area (Å²) in [6, 6.07) is 0. The molecule has 2 unspecified atom stereocenters. The highest BCUT2D eigenvalue weighted by molar-refractivity contribution is 8.76. The van der Waals surface area contributed by atoms with Crippen LogP contribution >= 0.6 is 34.2 Å². The van der Waals surface area contributed by atoms with E-state index >= 15 is 0 Å². The Morgan fingerprint density at radius 2 is 1.70 bits per heavy atom. The Morgan fingerprint density at radius 1 is 1.12 bits per heavy atom. The molecule has 0 aliphatic carbocycles. The first kappa shape index (κ1) is 31.4. The van der Waals surface area contributed by atoms with Gasteiger partial charge in [-0.3, -0.25) is 0 Å². The van der Waals surface area contributed by atoms with Crippen molar-refractivity contribution in [2.45, 2.75) is 71.0 Å². The van der Waals surface area contributed by atoms with Gasteiger partial charge in [0.25, 0.3) is 10.2 Å². The predicted molar refractivity (Wildman–Crippen MR) is 134 cm³/mol. The molecule has 2 rings (SSSR count). The molecular weight excluding hydrogens is 492 g/mol. The smallest absolute Gasteiger partial charge is 0.294 e. The van der Waals surface area contributed by atoms with E-state index in [1.165, 1.54) is 28.0 Å². The summed E-state index contributed by atoms with van der Waals surface area (Å²) < 4.78 is 6.27. The molecule has 0 saturated heterocycles. The molecule has 1 aliphatic rings. The average molecular weight is 527 g/mol. The van der Waals surface area contributed by atoms with Gasteiger partial charge in [0.2, 0.25) is 0 Å². The highest BCUT2D eigenvalue weighted by atomic mass is 33.1. The number of aliphatic hydroxyl groups excluding tert-OH is 1. The van der Waals surface area contributed by atoms with Crippen molar-refractivity contribution in [3.8, 4) is 5.75 Å². The zero-order chi connectivity index (χ0) is 25.8. The van der Waals surface area contributed by atoms with Gasteiger partial charge in [0.15, 0.2) is 0 Å². The van der Waals surface area contributed by atoms with Gasteiger partial charge in [-0.2, -0.15) is 0 Å². The van der Waals surface area contributed by atoms with Gasteiger partial charge >= 0.3 is 0 Å². The molecule has 1 aromatic rings. The second kappa shape index (κ2) is 15.4. The summed E-state index contributed by atoms with van der Waals surface area (Å²) in [6.07, 6.45) is 0.974. The molecule has 1 aliphatic heterocycles. The lowest BCUT2D eigenvalue weighted by Crippen LogP contribution is -2.33. The highest BCUT2D eigenvalue weighted by Gasteiger charge is 2.38. The second-order valence-electron chi connectivity index (χ2n) is 7.48. The number of thiol groups is 1. The van der Waals surface area contributed by atoms with Gasteiger partial charge in [0, 0.05) is 35.5 Å². The summed E-state index contributed by atoms with van der Waals surface area (Å²) in [5.74, 6) is 1.71. The van der Waals surface area contributed by atoms with Gasteiger partial charge in [-0.25, -0.2) is 0 Å². The fourth-order valence-electron chi connectivity index (χ4n) is 2.92. The zero-order valence-corrected chi connectivity index (χ0v) is 22.6. The Balaban J connectivity index is 0.00000189. The van der Waals surface area contributed by atoms with E-state index in [0.29, 0.717) is 5.75 Å². The second-order valence-corrected chi connectivity index (χ2v) is 10.4. The maximum absolute atomic E-state index is 10.5. The molecule has 0 bridgehead atoms. The van der Waals surface area contributed by atoms with Crippen LogP contribution in [0, 0.1) is 41.0 Å². The molecular formula is C20H34N2O8S3. The molecule has 2 atom stereocenters. The maximum Gasteiger partial charge on any atom is 0.294 e. The normalized spacial score (nSPS) is 16.8. The van der Waals surface area contributed by atoms with Crippen LogP contribution < -0.4 is 4.74 Å². The SMILES string of the molecule is CCC.CO.Cc1c(C)c2c(c(C)c1S)CC(C)(CSSCC(CO[N+](=O)[O-])O[N+](=O)[O-])O2. The number of hydrogen-bond acceptors (Lipinski definition) is 11. The Hall–Kier alpha value is -1.57. The average Bonchev–Trinajstić information content (AvgIpc) is 3.11. The van der Waals surface area contributed by atoms with Crippen molar-refractivity contribution >= 4 is 34.2 Å². The summed E-state index contributed by atoms with van der Waals surface area (Å²) in [7, 11) is 3.80. The first-order valence-corrected chi connectivity index (χ1v) is 13.2. The Kier molecular flexibility index (Phi) is 14.6. The summed E-state index contributed by atoms with van der Waals surface area (Å²) in [6.45, 7) is 11.9. The number of rotatable bonds is 10. The summed E-state index contributed by atoms with van der Waals surface area (Å²) >= 11 is 4.61.